The zero-order valence-electron chi connectivity index (χ0n) is 8.03. The fourth-order valence-corrected chi connectivity index (χ4v) is 2.09. The van der Waals surface area contributed by atoms with E-state index in [-0.39, 0.29) is 0 Å². The second-order valence-corrected chi connectivity index (χ2v) is 4.06. The molecule has 0 amide bonds. The molecule has 2 N–H and O–H groups in total. The van der Waals surface area contributed by atoms with Crippen molar-refractivity contribution in [3.05, 3.63) is 41.6 Å². The fraction of sp³-hybridized carbons (Fsp3) is 0.182. The molecule has 2 rings (SSSR count). The van der Waals surface area contributed by atoms with Gasteiger partial charge < -0.3 is 5.73 Å². The molecule has 72 valence electrons. The van der Waals surface area contributed by atoms with Gasteiger partial charge >= 0.3 is 0 Å². The topological polar surface area (TPSA) is 38.9 Å². The summed E-state index contributed by atoms with van der Waals surface area (Å²) < 4.78 is 4.11. The van der Waals surface area contributed by atoms with E-state index in [1.165, 1.54) is 33.1 Å². The largest absolute Gasteiger partial charge is 0.326 e. The highest BCUT2D eigenvalue weighted by Crippen LogP contribution is 2.27. The predicted molar refractivity (Wildman–Crippen MR) is 60.2 cm³/mol. The quantitative estimate of drug-likeness (QED) is 0.816. The van der Waals surface area contributed by atoms with E-state index in [0.29, 0.717) is 6.54 Å². The lowest BCUT2D eigenvalue weighted by atomic mass is 10.0. The summed E-state index contributed by atoms with van der Waals surface area (Å²) in [5.74, 6) is 0. The van der Waals surface area contributed by atoms with Gasteiger partial charge in [0, 0.05) is 12.7 Å². The molecule has 0 saturated carbocycles. The number of hydrogen-bond acceptors (Lipinski definition) is 3. The normalized spacial score (nSPS) is 10.4. The SMILES string of the molecule is Cc1ccc(CN)cc1-c1ccns1. The Labute approximate surface area is 87.6 Å². The van der Waals surface area contributed by atoms with E-state index >= 15 is 0 Å². The van der Waals surface area contributed by atoms with E-state index in [1.54, 1.807) is 0 Å². The van der Waals surface area contributed by atoms with Crippen molar-refractivity contribution in [2.45, 2.75) is 13.5 Å². The maximum Gasteiger partial charge on any atom is 0.0552 e. The first kappa shape index (κ1) is 9.37. The van der Waals surface area contributed by atoms with E-state index in [9.17, 15) is 0 Å². The molecular weight excluding hydrogens is 192 g/mol. The summed E-state index contributed by atoms with van der Waals surface area (Å²) in [6.07, 6.45) is 1.83. The number of hydrogen-bond donors (Lipinski definition) is 1. The van der Waals surface area contributed by atoms with Gasteiger partial charge in [-0.3, -0.25) is 0 Å². The summed E-state index contributed by atoms with van der Waals surface area (Å²) in [6.45, 7) is 2.70. The molecule has 3 heteroatoms. The summed E-state index contributed by atoms with van der Waals surface area (Å²) in [4.78, 5) is 1.21. The molecule has 1 heterocycles. The van der Waals surface area contributed by atoms with Crippen molar-refractivity contribution in [1.29, 1.82) is 0 Å². The molecule has 2 aromatic rings. The molecule has 2 nitrogen and oxygen atoms in total. The van der Waals surface area contributed by atoms with E-state index in [0.717, 1.165) is 0 Å². The molecule has 1 aromatic heterocycles. The summed E-state index contributed by atoms with van der Waals surface area (Å²) >= 11 is 1.52. The molecule has 1 aromatic carbocycles. The number of nitrogens with zero attached hydrogens (tertiary/aromatic N) is 1. The van der Waals surface area contributed by atoms with Crippen LogP contribution in [0.3, 0.4) is 0 Å². The van der Waals surface area contributed by atoms with Gasteiger partial charge in [0.15, 0.2) is 0 Å². The Kier molecular flexibility index (Phi) is 2.61. The Balaban J connectivity index is 2.51. The van der Waals surface area contributed by atoms with Crippen molar-refractivity contribution in [1.82, 2.24) is 4.37 Å². The van der Waals surface area contributed by atoms with E-state index < -0.39 is 0 Å². The molecule has 0 aliphatic rings. The fourth-order valence-electron chi connectivity index (χ4n) is 1.42. The minimum absolute atomic E-state index is 0.589. The van der Waals surface area contributed by atoms with Crippen LogP contribution in [0.4, 0.5) is 0 Å². The van der Waals surface area contributed by atoms with Gasteiger partial charge in [0.25, 0.3) is 0 Å². The monoisotopic (exact) mass is 204 g/mol. The van der Waals surface area contributed by atoms with Crippen molar-refractivity contribution in [3.8, 4) is 10.4 Å². The van der Waals surface area contributed by atoms with Crippen LogP contribution < -0.4 is 5.73 Å². The lowest BCUT2D eigenvalue weighted by Crippen LogP contribution is -1.96. The minimum atomic E-state index is 0.589. The lowest BCUT2D eigenvalue weighted by Gasteiger charge is -2.04. The van der Waals surface area contributed by atoms with Crippen LogP contribution in [0.25, 0.3) is 10.4 Å². The molecule has 0 aliphatic heterocycles. The Hall–Kier alpha value is -1.19. The second kappa shape index (κ2) is 3.90. The van der Waals surface area contributed by atoms with Crippen molar-refractivity contribution < 1.29 is 0 Å². The van der Waals surface area contributed by atoms with Crippen LogP contribution in [0.5, 0.6) is 0 Å². The summed E-state index contributed by atoms with van der Waals surface area (Å²) in [7, 11) is 0. The summed E-state index contributed by atoms with van der Waals surface area (Å²) in [6, 6.07) is 8.35. The van der Waals surface area contributed by atoms with Crippen LogP contribution in [0.1, 0.15) is 11.1 Å². The van der Waals surface area contributed by atoms with Gasteiger partial charge in [0.2, 0.25) is 0 Å². The second-order valence-electron chi connectivity index (χ2n) is 3.23. The predicted octanol–water partition coefficient (Wildman–Crippen LogP) is 2.58. The van der Waals surface area contributed by atoms with Crippen LogP contribution in [-0.2, 0) is 6.54 Å². The zero-order valence-corrected chi connectivity index (χ0v) is 8.84. The molecule has 0 saturated heterocycles. The number of aryl methyl sites for hydroxylation is 1. The number of benzene rings is 1. The third-order valence-electron chi connectivity index (χ3n) is 2.24. The average Bonchev–Trinajstić information content (AvgIpc) is 2.71. The molecule has 14 heavy (non-hydrogen) atoms. The van der Waals surface area contributed by atoms with Gasteiger partial charge in [-0.05, 0) is 47.3 Å². The van der Waals surface area contributed by atoms with Crippen molar-refractivity contribution in [3.63, 3.8) is 0 Å². The first-order valence-corrected chi connectivity index (χ1v) is 5.29. The van der Waals surface area contributed by atoms with E-state index in [4.69, 9.17) is 5.73 Å². The van der Waals surface area contributed by atoms with Gasteiger partial charge in [-0.25, -0.2) is 4.37 Å². The minimum Gasteiger partial charge on any atom is -0.326 e. The number of aromatic nitrogens is 1. The summed E-state index contributed by atoms with van der Waals surface area (Å²) in [5, 5.41) is 0. The molecule has 0 radical (unpaired) electrons. The van der Waals surface area contributed by atoms with Crippen LogP contribution in [-0.4, -0.2) is 4.37 Å². The van der Waals surface area contributed by atoms with Crippen molar-refractivity contribution in [2.24, 2.45) is 5.73 Å². The standard InChI is InChI=1S/C11H12N2S/c1-8-2-3-9(7-12)6-10(8)11-4-5-13-14-11/h2-6H,7,12H2,1H3. The first-order chi connectivity index (χ1) is 6.81. The van der Waals surface area contributed by atoms with Gasteiger partial charge in [0.1, 0.15) is 0 Å². The van der Waals surface area contributed by atoms with Gasteiger partial charge in [-0.1, -0.05) is 12.1 Å². The Bertz CT molecular complexity index is 421. The average molecular weight is 204 g/mol. The van der Waals surface area contributed by atoms with Crippen LogP contribution >= 0.6 is 11.5 Å². The Morgan fingerprint density at radius 1 is 1.36 bits per heavy atom. The zero-order chi connectivity index (χ0) is 9.97. The molecule has 0 unspecified atom stereocenters. The molecule has 0 bridgehead atoms. The number of nitrogens with two attached hydrogens (primary N) is 1. The Morgan fingerprint density at radius 3 is 2.86 bits per heavy atom. The highest BCUT2D eigenvalue weighted by molar-refractivity contribution is 7.09. The smallest absolute Gasteiger partial charge is 0.0552 e. The van der Waals surface area contributed by atoms with Crippen LogP contribution in [0.2, 0.25) is 0 Å². The van der Waals surface area contributed by atoms with Gasteiger partial charge in [-0.15, -0.1) is 0 Å². The molecular formula is C11H12N2S. The Morgan fingerprint density at radius 2 is 2.21 bits per heavy atom. The summed E-state index contributed by atoms with van der Waals surface area (Å²) in [5.41, 5.74) is 9.29. The number of rotatable bonds is 2. The maximum absolute atomic E-state index is 5.61. The maximum atomic E-state index is 5.61. The first-order valence-electron chi connectivity index (χ1n) is 4.52. The van der Waals surface area contributed by atoms with Crippen molar-refractivity contribution in [2.75, 3.05) is 0 Å². The van der Waals surface area contributed by atoms with Crippen molar-refractivity contribution >= 4 is 11.5 Å². The molecule has 0 atom stereocenters. The van der Waals surface area contributed by atoms with E-state index in [2.05, 4.69) is 29.5 Å². The molecule has 0 aliphatic carbocycles. The lowest BCUT2D eigenvalue weighted by molar-refractivity contribution is 1.07. The molecule has 0 fully saturated rings. The third kappa shape index (κ3) is 1.69. The van der Waals surface area contributed by atoms with Crippen LogP contribution in [0, 0.1) is 6.92 Å². The molecule has 0 spiro atoms. The van der Waals surface area contributed by atoms with Gasteiger partial charge in [0.05, 0.1) is 4.88 Å². The van der Waals surface area contributed by atoms with Gasteiger partial charge in [-0.2, -0.15) is 0 Å². The van der Waals surface area contributed by atoms with Crippen LogP contribution in [0.15, 0.2) is 30.5 Å². The van der Waals surface area contributed by atoms with E-state index in [1.807, 2.05) is 12.3 Å². The highest BCUT2D eigenvalue weighted by Gasteiger charge is 2.03. The highest BCUT2D eigenvalue weighted by atomic mass is 32.1. The third-order valence-corrected chi connectivity index (χ3v) is 3.02.